The highest BCUT2D eigenvalue weighted by atomic mass is 32.2. The van der Waals surface area contributed by atoms with Crippen LogP contribution in [0, 0.1) is 0 Å². The third-order valence-corrected chi connectivity index (χ3v) is 4.72. The van der Waals surface area contributed by atoms with Gasteiger partial charge in [-0.3, -0.25) is 0 Å². The summed E-state index contributed by atoms with van der Waals surface area (Å²) in [4.78, 5) is 0.192. The molecule has 0 aromatic heterocycles. The number of rotatable bonds is 8. The van der Waals surface area contributed by atoms with Crippen LogP contribution in [0.4, 0.5) is 0 Å². The molecule has 5 heteroatoms. The van der Waals surface area contributed by atoms with Crippen LogP contribution in [0.25, 0.3) is 0 Å². The standard InChI is InChI=1S/C17H27NO3S/c1-6-8-12-21-15-10-9-14(17(3,4)5)13-16(15)22(19,20)18-11-7-2/h7,9-10,13,18H,2,6,8,11-12H2,1,3-5H3. The second kappa shape index (κ2) is 7.79. The highest BCUT2D eigenvalue weighted by Crippen LogP contribution is 2.31. The molecular formula is C17H27NO3S. The minimum Gasteiger partial charge on any atom is -0.492 e. The lowest BCUT2D eigenvalue weighted by Gasteiger charge is -2.21. The third-order valence-electron chi connectivity index (χ3n) is 3.27. The van der Waals surface area contributed by atoms with Gasteiger partial charge < -0.3 is 4.74 Å². The lowest BCUT2D eigenvalue weighted by molar-refractivity contribution is 0.301. The fraction of sp³-hybridized carbons (Fsp3) is 0.529. The van der Waals surface area contributed by atoms with Gasteiger partial charge in [0.15, 0.2) is 0 Å². The van der Waals surface area contributed by atoms with Gasteiger partial charge in [-0.25, -0.2) is 13.1 Å². The number of sulfonamides is 1. The number of unbranched alkanes of at least 4 members (excludes halogenated alkanes) is 1. The van der Waals surface area contributed by atoms with Crippen molar-refractivity contribution in [3.8, 4) is 5.75 Å². The molecule has 1 rings (SSSR count). The zero-order chi connectivity index (χ0) is 16.8. The zero-order valence-electron chi connectivity index (χ0n) is 14.0. The number of ether oxygens (including phenoxy) is 1. The summed E-state index contributed by atoms with van der Waals surface area (Å²) in [6, 6.07) is 5.37. The molecule has 0 spiro atoms. The Kier molecular flexibility index (Phi) is 6.63. The van der Waals surface area contributed by atoms with Crippen molar-refractivity contribution in [1.29, 1.82) is 0 Å². The van der Waals surface area contributed by atoms with E-state index in [1.54, 1.807) is 12.1 Å². The predicted octanol–water partition coefficient (Wildman–Crippen LogP) is 3.63. The van der Waals surface area contributed by atoms with Gasteiger partial charge in [-0.2, -0.15) is 0 Å². The van der Waals surface area contributed by atoms with Crippen LogP contribution in [-0.2, 0) is 15.4 Å². The van der Waals surface area contributed by atoms with Crippen molar-refractivity contribution in [2.45, 2.75) is 50.8 Å². The molecule has 0 unspecified atom stereocenters. The van der Waals surface area contributed by atoms with Crippen LogP contribution in [0.5, 0.6) is 5.75 Å². The van der Waals surface area contributed by atoms with E-state index in [1.165, 1.54) is 6.08 Å². The normalized spacial score (nSPS) is 12.2. The van der Waals surface area contributed by atoms with Crippen LogP contribution in [0.15, 0.2) is 35.7 Å². The Labute approximate surface area is 134 Å². The van der Waals surface area contributed by atoms with Crippen molar-refractivity contribution in [3.63, 3.8) is 0 Å². The van der Waals surface area contributed by atoms with E-state index < -0.39 is 10.0 Å². The molecule has 0 saturated carbocycles. The fourth-order valence-electron chi connectivity index (χ4n) is 1.88. The number of nitrogens with one attached hydrogen (secondary N) is 1. The summed E-state index contributed by atoms with van der Waals surface area (Å²) >= 11 is 0. The van der Waals surface area contributed by atoms with E-state index in [1.807, 2.05) is 26.8 Å². The summed E-state index contributed by atoms with van der Waals surface area (Å²) in [5.74, 6) is 0.401. The van der Waals surface area contributed by atoms with Crippen molar-refractivity contribution in [3.05, 3.63) is 36.4 Å². The van der Waals surface area contributed by atoms with Crippen molar-refractivity contribution >= 4 is 10.0 Å². The molecule has 0 atom stereocenters. The van der Waals surface area contributed by atoms with E-state index in [0.717, 1.165) is 18.4 Å². The highest BCUT2D eigenvalue weighted by molar-refractivity contribution is 7.89. The summed E-state index contributed by atoms with van der Waals surface area (Å²) in [5, 5.41) is 0. The number of hydrogen-bond acceptors (Lipinski definition) is 3. The zero-order valence-corrected chi connectivity index (χ0v) is 14.8. The predicted molar refractivity (Wildman–Crippen MR) is 90.9 cm³/mol. The van der Waals surface area contributed by atoms with Crippen molar-refractivity contribution in [2.75, 3.05) is 13.2 Å². The van der Waals surface area contributed by atoms with Gasteiger partial charge in [0, 0.05) is 6.54 Å². The minimum absolute atomic E-state index is 0.134. The van der Waals surface area contributed by atoms with E-state index in [0.29, 0.717) is 12.4 Å². The first-order chi connectivity index (χ1) is 10.2. The van der Waals surface area contributed by atoms with Crippen molar-refractivity contribution < 1.29 is 13.2 Å². The van der Waals surface area contributed by atoms with Gasteiger partial charge >= 0.3 is 0 Å². The number of hydrogen-bond donors (Lipinski definition) is 1. The first kappa shape index (κ1) is 18.7. The average Bonchev–Trinajstić information content (AvgIpc) is 2.44. The summed E-state index contributed by atoms with van der Waals surface area (Å²) in [5.41, 5.74) is 0.819. The van der Waals surface area contributed by atoms with Crippen molar-refractivity contribution in [2.24, 2.45) is 0 Å². The Hall–Kier alpha value is -1.33. The van der Waals surface area contributed by atoms with E-state index in [2.05, 4.69) is 18.2 Å². The Morgan fingerprint density at radius 3 is 2.55 bits per heavy atom. The lowest BCUT2D eigenvalue weighted by Crippen LogP contribution is -2.25. The molecule has 0 heterocycles. The quantitative estimate of drug-likeness (QED) is 0.586. The lowest BCUT2D eigenvalue weighted by atomic mass is 9.87. The van der Waals surface area contributed by atoms with Crippen LogP contribution < -0.4 is 9.46 Å². The molecule has 1 N–H and O–H groups in total. The number of benzene rings is 1. The van der Waals surface area contributed by atoms with Gasteiger partial charge in [0.25, 0.3) is 0 Å². The largest absolute Gasteiger partial charge is 0.492 e. The molecule has 124 valence electrons. The minimum atomic E-state index is -3.62. The van der Waals surface area contributed by atoms with E-state index in [-0.39, 0.29) is 16.9 Å². The molecular weight excluding hydrogens is 298 g/mol. The third kappa shape index (κ3) is 5.14. The molecule has 0 aliphatic rings. The summed E-state index contributed by atoms with van der Waals surface area (Å²) in [7, 11) is -3.62. The first-order valence-corrected chi connectivity index (χ1v) is 9.08. The van der Waals surface area contributed by atoms with Gasteiger partial charge in [-0.15, -0.1) is 6.58 Å². The molecule has 0 aliphatic carbocycles. The van der Waals surface area contributed by atoms with Gasteiger partial charge in [-0.1, -0.05) is 46.3 Å². The van der Waals surface area contributed by atoms with Gasteiger partial charge in [0.05, 0.1) is 6.61 Å². The first-order valence-electron chi connectivity index (χ1n) is 7.60. The summed E-state index contributed by atoms with van der Waals surface area (Å²) in [6.07, 6.45) is 3.40. The van der Waals surface area contributed by atoms with Gasteiger partial charge in [-0.05, 0) is 29.5 Å². The Balaban J connectivity index is 3.24. The van der Waals surface area contributed by atoms with Crippen LogP contribution >= 0.6 is 0 Å². The summed E-state index contributed by atoms with van der Waals surface area (Å²) in [6.45, 7) is 12.5. The molecule has 0 bridgehead atoms. The van der Waals surface area contributed by atoms with Crippen LogP contribution in [-0.4, -0.2) is 21.6 Å². The maximum Gasteiger partial charge on any atom is 0.244 e. The molecule has 0 saturated heterocycles. The fourth-order valence-corrected chi connectivity index (χ4v) is 3.04. The molecule has 22 heavy (non-hydrogen) atoms. The topological polar surface area (TPSA) is 55.4 Å². The highest BCUT2D eigenvalue weighted by Gasteiger charge is 2.23. The van der Waals surface area contributed by atoms with Gasteiger partial charge in [0.1, 0.15) is 10.6 Å². The summed E-state index contributed by atoms with van der Waals surface area (Å²) < 4.78 is 33.1. The molecule has 0 fully saturated rings. The molecule has 1 aromatic carbocycles. The average molecular weight is 325 g/mol. The van der Waals surface area contributed by atoms with Crippen LogP contribution in [0.3, 0.4) is 0 Å². The Bertz CT molecular complexity index is 601. The Morgan fingerprint density at radius 1 is 1.32 bits per heavy atom. The maximum atomic E-state index is 12.5. The van der Waals surface area contributed by atoms with Gasteiger partial charge in [0.2, 0.25) is 10.0 Å². The maximum absolute atomic E-state index is 12.5. The molecule has 0 radical (unpaired) electrons. The van der Waals surface area contributed by atoms with E-state index in [9.17, 15) is 8.42 Å². The van der Waals surface area contributed by atoms with Crippen LogP contribution in [0.2, 0.25) is 0 Å². The molecule has 0 amide bonds. The van der Waals surface area contributed by atoms with Crippen LogP contribution in [0.1, 0.15) is 46.1 Å². The second-order valence-corrected chi connectivity index (χ2v) is 7.99. The van der Waals surface area contributed by atoms with E-state index >= 15 is 0 Å². The molecule has 1 aromatic rings. The monoisotopic (exact) mass is 325 g/mol. The molecule has 4 nitrogen and oxygen atoms in total. The SMILES string of the molecule is C=CCNS(=O)(=O)c1cc(C(C)(C)C)ccc1OCCCC. The Morgan fingerprint density at radius 2 is 2.00 bits per heavy atom. The van der Waals surface area contributed by atoms with Crippen molar-refractivity contribution in [1.82, 2.24) is 4.72 Å². The smallest absolute Gasteiger partial charge is 0.244 e. The molecule has 0 aliphatic heterocycles. The van der Waals surface area contributed by atoms with E-state index in [4.69, 9.17) is 4.74 Å². The second-order valence-electron chi connectivity index (χ2n) is 6.25.